The topological polar surface area (TPSA) is 37.1 Å². The van der Waals surface area contributed by atoms with Crippen LogP contribution in [-0.4, -0.2) is 9.79 Å². The standard InChI is InChI=1S/C6H5N3S2/c10-6(11)3-1-2-4-5(6)8-9-7-4/h1-3,10-11H. The fourth-order valence-electron chi connectivity index (χ4n) is 0.941. The van der Waals surface area contributed by atoms with Gasteiger partial charge in [0.1, 0.15) is 15.5 Å². The molecule has 0 fully saturated rings. The fourth-order valence-corrected chi connectivity index (χ4v) is 1.43. The summed E-state index contributed by atoms with van der Waals surface area (Å²) >= 11 is 8.56. The average Bonchev–Trinajstić information content (AvgIpc) is 2.34. The lowest BCUT2D eigenvalue weighted by Gasteiger charge is -2.19. The van der Waals surface area contributed by atoms with E-state index in [2.05, 4.69) is 40.7 Å². The van der Waals surface area contributed by atoms with Crippen molar-refractivity contribution < 1.29 is 0 Å². The SMILES string of the molecule is SC1(S)C=CC=C2N=NN=C21. The van der Waals surface area contributed by atoms with E-state index in [-0.39, 0.29) is 0 Å². The quantitative estimate of drug-likeness (QED) is 0.424. The highest BCUT2D eigenvalue weighted by Crippen LogP contribution is 2.33. The molecule has 11 heavy (non-hydrogen) atoms. The maximum Gasteiger partial charge on any atom is 0.122 e. The Hall–Kier alpha value is -0.550. The predicted octanol–water partition coefficient (Wildman–Crippen LogP) is 1.82. The van der Waals surface area contributed by atoms with E-state index in [9.17, 15) is 0 Å². The van der Waals surface area contributed by atoms with Gasteiger partial charge in [-0.1, -0.05) is 12.2 Å². The molecule has 0 unspecified atom stereocenters. The highest BCUT2D eigenvalue weighted by Gasteiger charge is 2.32. The summed E-state index contributed by atoms with van der Waals surface area (Å²) < 4.78 is -0.617. The molecule has 1 aliphatic heterocycles. The van der Waals surface area contributed by atoms with E-state index in [0.29, 0.717) is 5.71 Å². The summed E-state index contributed by atoms with van der Waals surface area (Å²) in [5, 5.41) is 11.1. The summed E-state index contributed by atoms with van der Waals surface area (Å²) in [4.78, 5) is 0. The molecule has 0 atom stereocenters. The molecule has 1 aliphatic carbocycles. The van der Waals surface area contributed by atoms with Crippen molar-refractivity contribution >= 4 is 31.0 Å². The molecular weight excluding hydrogens is 178 g/mol. The second-order valence-corrected chi connectivity index (χ2v) is 4.04. The van der Waals surface area contributed by atoms with Crippen LogP contribution >= 0.6 is 25.3 Å². The van der Waals surface area contributed by atoms with Crippen molar-refractivity contribution in [3.63, 3.8) is 0 Å². The van der Waals surface area contributed by atoms with Crippen LogP contribution in [-0.2, 0) is 0 Å². The zero-order chi connectivity index (χ0) is 7.90. The summed E-state index contributed by atoms with van der Waals surface area (Å²) in [5.74, 6) is 0. The predicted molar refractivity (Wildman–Crippen MR) is 50.2 cm³/mol. The number of hydrogen-bond acceptors (Lipinski definition) is 5. The summed E-state index contributed by atoms with van der Waals surface area (Å²) in [5.41, 5.74) is 1.45. The molecule has 0 saturated carbocycles. The van der Waals surface area contributed by atoms with E-state index in [0.717, 1.165) is 5.70 Å². The van der Waals surface area contributed by atoms with Crippen LogP contribution in [0.25, 0.3) is 0 Å². The minimum absolute atomic E-state index is 0.617. The van der Waals surface area contributed by atoms with Crippen LogP contribution in [0.1, 0.15) is 0 Å². The fraction of sp³-hybridized carbons (Fsp3) is 0.167. The van der Waals surface area contributed by atoms with Crippen molar-refractivity contribution in [1.29, 1.82) is 0 Å². The number of fused-ring (bicyclic) bond motifs is 1. The summed E-state index contributed by atoms with van der Waals surface area (Å²) in [6.07, 6.45) is 5.51. The van der Waals surface area contributed by atoms with Gasteiger partial charge in [-0.05, 0) is 11.3 Å². The van der Waals surface area contributed by atoms with Crippen molar-refractivity contribution in [2.75, 3.05) is 0 Å². The molecule has 0 radical (unpaired) electrons. The molecule has 0 bridgehead atoms. The second-order valence-electron chi connectivity index (χ2n) is 2.28. The largest absolute Gasteiger partial charge is 0.151 e. The molecule has 3 nitrogen and oxygen atoms in total. The Kier molecular flexibility index (Phi) is 1.43. The van der Waals surface area contributed by atoms with Crippen LogP contribution in [0.3, 0.4) is 0 Å². The van der Waals surface area contributed by atoms with Crippen molar-refractivity contribution in [2.45, 2.75) is 4.08 Å². The monoisotopic (exact) mass is 183 g/mol. The van der Waals surface area contributed by atoms with Gasteiger partial charge in [0.15, 0.2) is 0 Å². The number of hydrogen-bond donors (Lipinski definition) is 2. The Morgan fingerprint density at radius 2 is 2.18 bits per heavy atom. The maximum atomic E-state index is 4.28. The first-order valence-corrected chi connectivity index (χ1v) is 3.93. The number of allylic oxidation sites excluding steroid dienone is 3. The van der Waals surface area contributed by atoms with Gasteiger partial charge in [0, 0.05) is 0 Å². The third-order valence-corrected chi connectivity index (χ3v) is 2.19. The van der Waals surface area contributed by atoms with Crippen LogP contribution in [0, 0.1) is 0 Å². The van der Waals surface area contributed by atoms with Crippen LogP contribution in [0.5, 0.6) is 0 Å². The van der Waals surface area contributed by atoms with E-state index in [1.54, 1.807) is 0 Å². The second kappa shape index (κ2) is 2.22. The molecule has 0 aromatic heterocycles. The van der Waals surface area contributed by atoms with Gasteiger partial charge in [0.25, 0.3) is 0 Å². The minimum atomic E-state index is -0.617. The molecule has 0 amide bonds. The molecule has 2 rings (SSSR count). The third-order valence-electron chi connectivity index (χ3n) is 1.47. The van der Waals surface area contributed by atoms with Crippen molar-refractivity contribution in [3.8, 4) is 0 Å². The van der Waals surface area contributed by atoms with Crippen LogP contribution < -0.4 is 0 Å². The van der Waals surface area contributed by atoms with Crippen molar-refractivity contribution in [2.24, 2.45) is 15.4 Å². The first-order chi connectivity index (χ1) is 5.20. The lowest BCUT2D eigenvalue weighted by molar-refractivity contribution is 1.09. The molecule has 5 heteroatoms. The van der Waals surface area contributed by atoms with Crippen LogP contribution in [0.2, 0.25) is 0 Å². The molecule has 2 aliphatic rings. The molecular formula is C6H5N3S2. The zero-order valence-electron chi connectivity index (χ0n) is 5.47. The minimum Gasteiger partial charge on any atom is -0.151 e. The van der Waals surface area contributed by atoms with Gasteiger partial charge in [-0.3, -0.25) is 0 Å². The molecule has 0 spiro atoms. The van der Waals surface area contributed by atoms with Gasteiger partial charge in [0.05, 0.1) is 0 Å². The normalized spacial score (nSPS) is 24.5. The van der Waals surface area contributed by atoms with Crippen LogP contribution in [0.15, 0.2) is 39.4 Å². The Balaban J connectivity index is 2.51. The Morgan fingerprint density at radius 3 is 2.91 bits per heavy atom. The molecule has 56 valence electrons. The highest BCUT2D eigenvalue weighted by atomic mass is 32.2. The van der Waals surface area contributed by atoms with Gasteiger partial charge in [-0.2, -0.15) is 25.3 Å². The first kappa shape index (κ1) is 7.12. The van der Waals surface area contributed by atoms with Gasteiger partial charge >= 0.3 is 0 Å². The summed E-state index contributed by atoms with van der Waals surface area (Å²) in [6, 6.07) is 0. The van der Waals surface area contributed by atoms with E-state index in [1.807, 2.05) is 18.2 Å². The number of thiol groups is 2. The van der Waals surface area contributed by atoms with E-state index in [4.69, 9.17) is 0 Å². The smallest absolute Gasteiger partial charge is 0.122 e. The van der Waals surface area contributed by atoms with Gasteiger partial charge < -0.3 is 0 Å². The third kappa shape index (κ3) is 1.04. The Morgan fingerprint density at radius 1 is 1.36 bits per heavy atom. The highest BCUT2D eigenvalue weighted by molar-refractivity contribution is 8.02. The van der Waals surface area contributed by atoms with Crippen molar-refractivity contribution in [3.05, 3.63) is 23.9 Å². The van der Waals surface area contributed by atoms with Gasteiger partial charge in [-0.15, -0.1) is 10.2 Å². The first-order valence-electron chi connectivity index (χ1n) is 3.04. The molecule has 0 aromatic rings. The molecule has 0 N–H and O–H groups in total. The zero-order valence-corrected chi connectivity index (χ0v) is 7.26. The Bertz CT molecular complexity index is 312. The average molecular weight is 183 g/mol. The lowest BCUT2D eigenvalue weighted by Crippen LogP contribution is -2.25. The Labute approximate surface area is 74.8 Å². The summed E-state index contributed by atoms with van der Waals surface area (Å²) in [7, 11) is 0. The molecule has 0 saturated heterocycles. The maximum absolute atomic E-state index is 4.28. The van der Waals surface area contributed by atoms with Gasteiger partial charge in [-0.25, -0.2) is 0 Å². The van der Waals surface area contributed by atoms with E-state index >= 15 is 0 Å². The number of nitrogens with zero attached hydrogens (tertiary/aromatic N) is 3. The number of rotatable bonds is 0. The van der Waals surface area contributed by atoms with Gasteiger partial charge in [0.2, 0.25) is 0 Å². The van der Waals surface area contributed by atoms with Crippen LogP contribution in [0.4, 0.5) is 0 Å². The van der Waals surface area contributed by atoms with Crippen molar-refractivity contribution in [1.82, 2.24) is 0 Å². The molecule has 0 aromatic carbocycles. The summed E-state index contributed by atoms with van der Waals surface area (Å²) in [6.45, 7) is 0. The lowest BCUT2D eigenvalue weighted by atomic mass is 10.1. The molecule has 1 heterocycles. The van der Waals surface area contributed by atoms with E-state index in [1.165, 1.54) is 0 Å². The van der Waals surface area contributed by atoms with E-state index < -0.39 is 4.08 Å².